The van der Waals surface area contributed by atoms with E-state index in [4.69, 9.17) is 0 Å². The van der Waals surface area contributed by atoms with Crippen LogP contribution in [-0.4, -0.2) is 52.9 Å². The molecule has 0 spiro atoms. The molecule has 4 rings (SSSR count). The molecule has 6 nitrogen and oxygen atoms in total. The second-order valence-corrected chi connectivity index (χ2v) is 8.71. The summed E-state index contributed by atoms with van der Waals surface area (Å²) in [5.41, 5.74) is 2.06. The first kappa shape index (κ1) is 19.0. The number of nitrogens with zero attached hydrogens (tertiary/aromatic N) is 2. The van der Waals surface area contributed by atoms with E-state index in [0.717, 1.165) is 25.8 Å². The van der Waals surface area contributed by atoms with E-state index >= 15 is 0 Å². The van der Waals surface area contributed by atoms with Crippen LogP contribution in [0, 0.1) is 0 Å². The summed E-state index contributed by atoms with van der Waals surface area (Å²) in [4.78, 5) is 33.0. The normalized spacial score (nSPS) is 14.5. The molecule has 2 N–H and O–H groups in total. The van der Waals surface area contributed by atoms with Gasteiger partial charge in [-0.2, -0.15) is 0 Å². The van der Waals surface area contributed by atoms with Crippen molar-refractivity contribution in [2.75, 3.05) is 26.2 Å². The van der Waals surface area contributed by atoms with Crippen molar-refractivity contribution in [3.8, 4) is 0 Å². The van der Waals surface area contributed by atoms with Gasteiger partial charge in [-0.3, -0.25) is 4.79 Å². The highest BCUT2D eigenvalue weighted by Gasteiger charge is 2.24. The molecule has 1 aromatic carbocycles. The van der Waals surface area contributed by atoms with Gasteiger partial charge in [-0.1, -0.05) is 18.2 Å². The summed E-state index contributed by atoms with van der Waals surface area (Å²) >= 11 is 5.03. The number of hydrogen-bond donors (Lipinski definition) is 2. The number of fused-ring (bicyclic) bond motifs is 1. The summed E-state index contributed by atoms with van der Waals surface area (Å²) in [5.74, 6) is 0.105. The van der Waals surface area contributed by atoms with Gasteiger partial charge in [0.15, 0.2) is 0 Å². The molecule has 0 unspecified atom stereocenters. The largest absolute Gasteiger partial charge is 0.361 e. The monoisotopic (exact) mass is 460 g/mol. The predicted octanol–water partition coefficient (Wildman–Crippen LogP) is 3.59. The number of benzene rings is 1. The van der Waals surface area contributed by atoms with Gasteiger partial charge in [0.25, 0.3) is 0 Å². The third kappa shape index (κ3) is 4.23. The zero-order valence-electron chi connectivity index (χ0n) is 15.3. The molecule has 146 valence electrons. The molecule has 3 aromatic rings. The van der Waals surface area contributed by atoms with Crippen LogP contribution >= 0.6 is 27.3 Å². The van der Waals surface area contributed by atoms with Crippen LogP contribution in [-0.2, 0) is 17.8 Å². The van der Waals surface area contributed by atoms with Crippen molar-refractivity contribution in [2.45, 2.75) is 13.0 Å². The predicted molar refractivity (Wildman–Crippen MR) is 114 cm³/mol. The van der Waals surface area contributed by atoms with Crippen LogP contribution in [0.1, 0.15) is 10.4 Å². The number of thiophene rings is 1. The minimum Gasteiger partial charge on any atom is -0.361 e. The molecule has 3 amide bonds. The van der Waals surface area contributed by atoms with Crippen molar-refractivity contribution in [1.82, 2.24) is 20.1 Å². The first-order valence-corrected chi connectivity index (χ1v) is 10.9. The molecular formula is C20H21BrN4O2S. The van der Waals surface area contributed by atoms with Gasteiger partial charge in [-0.05, 0) is 33.6 Å². The smallest absolute Gasteiger partial charge is 0.317 e. The third-order valence-electron chi connectivity index (χ3n) is 4.97. The van der Waals surface area contributed by atoms with Crippen molar-refractivity contribution < 1.29 is 9.59 Å². The van der Waals surface area contributed by atoms with E-state index in [1.165, 1.54) is 0 Å². The molecule has 0 saturated carbocycles. The molecule has 1 saturated heterocycles. The molecule has 0 aliphatic carbocycles. The minimum atomic E-state index is -0.0757. The summed E-state index contributed by atoms with van der Waals surface area (Å²) in [6.45, 7) is 2.77. The maximum atomic E-state index is 12.7. The van der Waals surface area contributed by atoms with Crippen LogP contribution in [0.4, 0.5) is 4.79 Å². The molecular weight excluding hydrogens is 440 g/mol. The Kier molecular flexibility index (Phi) is 5.68. The second kappa shape index (κ2) is 8.36. The standard InChI is InChI=1S/C20H21BrN4O2S/c21-15-10-16(28-13-15)12-23-20(27)25-7-5-24(6-8-25)19(26)9-14-11-22-18-4-2-1-3-17(14)18/h1-4,10-11,13,22H,5-9,12H2,(H,23,27). The van der Waals surface area contributed by atoms with E-state index in [2.05, 4.69) is 26.2 Å². The number of aromatic amines is 1. The highest BCUT2D eigenvalue weighted by Crippen LogP contribution is 2.20. The van der Waals surface area contributed by atoms with Gasteiger partial charge in [0, 0.05) is 58.0 Å². The molecule has 3 heterocycles. The average Bonchev–Trinajstić information content (AvgIpc) is 3.32. The fraction of sp³-hybridized carbons (Fsp3) is 0.300. The van der Waals surface area contributed by atoms with Crippen molar-refractivity contribution in [3.05, 3.63) is 56.8 Å². The third-order valence-corrected chi connectivity index (χ3v) is 6.67. The Bertz CT molecular complexity index is 991. The number of piperazine rings is 1. The lowest BCUT2D eigenvalue weighted by Crippen LogP contribution is -2.53. The molecule has 0 bridgehead atoms. The fourth-order valence-electron chi connectivity index (χ4n) is 3.43. The summed E-state index contributed by atoms with van der Waals surface area (Å²) in [6.07, 6.45) is 2.29. The number of carbonyl (C=O) groups excluding carboxylic acids is 2. The quantitative estimate of drug-likeness (QED) is 0.624. The lowest BCUT2D eigenvalue weighted by atomic mass is 10.1. The van der Waals surface area contributed by atoms with Gasteiger partial charge in [0.1, 0.15) is 0 Å². The van der Waals surface area contributed by atoms with Crippen LogP contribution in [0.15, 0.2) is 46.4 Å². The Balaban J connectivity index is 1.27. The summed E-state index contributed by atoms with van der Waals surface area (Å²) in [6, 6.07) is 9.93. The zero-order chi connectivity index (χ0) is 19.5. The number of carbonyl (C=O) groups is 2. The van der Waals surface area contributed by atoms with Gasteiger partial charge < -0.3 is 20.1 Å². The van der Waals surface area contributed by atoms with Gasteiger partial charge >= 0.3 is 6.03 Å². The van der Waals surface area contributed by atoms with Crippen LogP contribution in [0.25, 0.3) is 10.9 Å². The van der Waals surface area contributed by atoms with Gasteiger partial charge in [0.2, 0.25) is 5.91 Å². The van der Waals surface area contributed by atoms with E-state index in [1.807, 2.05) is 46.8 Å². The highest BCUT2D eigenvalue weighted by atomic mass is 79.9. The Labute approximate surface area is 175 Å². The van der Waals surface area contributed by atoms with Crippen molar-refractivity contribution in [1.29, 1.82) is 0 Å². The van der Waals surface area contributed by atoms with Crippen molar-refractivity contribution in [3.63, 3.8) is 0 Å². The van der Waals surface area contributed by atoms with Gasteiger partial charge in [-0.15, -0.1) is 11.3 Å². The molecule has 28 heavy (non-hydrogen) atoms. The van der Waals surface area contributed by atoms with E-state index in [0.29, 0.717) is 39.1 Å². The Morgan fingerprint density at radius 1 is 1.14 bits per heavy atom. The molecule has 8 heteroatoms. The Hall–Kier alpha value is -2.32. The number of hydrogen-bond acceptors (Lipinski definition) is 3. The molecule has 0 atom stereocenters. The number of para-hydroxylation sites is 1. The number of halogens is 1. The molecule has 1 aliphatic heterocycles. The number of aromatic nitrogens is 1. The average molecular weight is 461 g/mol. The highest BCUT2D eigenvalue weighted by molar-refractivity contribution is 9.10. The Morgan fingerprint density at radius 2 is 1.89 bits per heavy atom. The maximum Gasteiger partial charge on any atom is 0.317 e. The molecule has 2 aromatic heterocycles. The number of H-pyrrole nitrogens is 1. The minimum absolute atomic E-state index is 0.0757. The maximum absolute atomic E-state index is 12.7. The topological polar surface area (TPSA) is 68.4 Å². The van der Waals surface area contributed by atoms with E-state index in [9.17, 15) is 9.59 Å². The molecule has 0 radical (unpaired) electrons. The van der Waals surface area contributed by atoms with Crippen LogP contribution in [0.2, 0.25) is 0 Å². The fourth-order valence-corrected chi connectivity index (χ4v) is 4.82. The van der Waals surface area contributed by atoms with E-state index in [-0.39, 0.29) is 11.9 Å². The van der Waals surface area contributed by atoms with E-state index < -0.39 is 0 Å². The van der Waals surface area contributed by atoms with Crippen LogP contribution in [0.3, 0.4) is 0 Å². The van der Waals surface area contributed by atoms with Crippen molar-refractivity contribution in [2.24, 2.45) is 0 Å². The summed E-state index contributed by atoms with van der Waals surface area (Å²) < 4.78 is 1.03. The van der Waals surface area contributed by atoms with E-state index in [1.54, 1.807) is 16.2 Å². The first-order valence-electron chi connectivity index (χ1n) is 9.18. The van der Waals surface area contributed by atoms with Crippen LogP contribution < -0.4 is 5.32 Å². The van der Waals surface area contributed by atoms with Gasteiger partial charge in [0.05, 0.1) is 13.0 Å². The molecule has 1 aliphatic rings. The molecule has 1 fully saturated rings. The van der Waals surface area contributed by atoms with Gasteiger partial charge in [-0.25, -0.2) is 4.79 Å². The number of rotatable bonds is 4. The lowest BCUT2D eigenvalue weighted by molar-refractivity contribution is -0.131. The number of nitrogens with one attached hydrogen (secondary N) is 2. The first-order chi connectivity index (χ1) is 13.6. The van der Waals surface area contributed by atoms with Crippen molar-refractivity contribution >= 4 is 50.1 Å². The summed E-state index contributed by atoms with van der Waals surface area (Å²) in [5, 5.41) is 6.04. The van der Waals surface area contributed by atoms with Crippen LogP contribution in [0.5, 0.6) is 0 Å². The number of urea groups is 1. The SMILES string of the molecule is O=C(Cc1c[nH]c2ccccc12)N1CCN(C(=O)NCc2cc(Br)cs2)CC1. The Morgan fingerprint density at radius 3 is 2.64 bits per heavy atom. The second-order valence-electron chi connectivity index (χ2n) is 6.79. The summed E-state index contributed by atoms with van der Waals surface area (Å²) in [7, 11) is 0. The number of amides is 3. The lowest BCUT2D eigenvalue weighted by Gasteiger charge is -2.34. The zero-order valence-corrected chi connectivity index (χ0v) is 17.7.